The van der Waals surface area contributed by atoms with Gasteiger partial charge in [0.05, 0.1) is 12.1 Å². The lowest BCUT2D eigenvalue weighted by atomic mass is 10.1. The van der Waals surface area contributed by atoms with Crippen molar-refractivity contribution in [2.45, 2.75) is 19.4 Å². The highest BCUT2D eigenvalue weighted by Gasteiger charge is 2.20. The maximum Gasteiger partial charge on any atom is 0.244 e. The lowest BCUT2D eigenvalue weighted by Gasteiger charge is -2.15. The molecular formula is C20H19N3O2S. The average Bonchev–Trinajstić information content (AvgIpc) is 3.08. The zero-order valence-electron chi connectivity index (χ0n) is 14.3. The number of thiazole rings is 1. The van der Waals surface area contributed by atoms with Crippen molar-refractivity contribution in [2.75, 3.05) is 0 Å². The van der Waals surface area contributed by atoms with Crippen molar-refractivity contribution in [1.82, 2.24) is 10.3 Å². The van der Waals surface area contributed by atoms with Crippen molar-refractivity contribution in [1.29, 1.82) is 0 Å². The number of aryl methyl sites for hydroxylation is 1. The van der Waals surface area contributed by atoms with E-state index >= 15 is 0 Å². The highest BCUT2D eigenvalue weighted by Crippen LogP contribution is 2.24. The van der Waals surface area contributed by atoms with Gasteiger partial charge in [0.25, 0.3) is 0 Å². The summed E-state index contributed by atoms with van der Waals surface area (Å²) in [4.78, 5) is 28.6. The van der Waals surface area contributed by atoms with Crippen LogP contribution in [0.25, 0.3) is 10.6 Å². The lowest BCUT2D eigenvalue weighted by Crippen LogP contribution is -2.38. The van der Waals surface area contributed by atoms with Gasteiger partial charge in [0.15, 0.2) is 0 Å². The topological polar surface area (TPSA) is 85.1 Å². The average molecular weight is 365 g/mol. The van der Waals surface area contributed by atoms with Crippen molar-refractivity contribution in [2.24, 2.45) is 5.73 Å². The number of nitrogens with two attached hydrogens (primary N) is 1. The predicted octanol–water partition coefficient (Wildman–Crippen LogP) is 3.00. The van der Waals surface area contributed by atoms with Crippen LogP contribution in [0.4, 0.5) is 0 Å². The first kappa shape index (κ1) is 17.8. The highest BCUT2D eigenvalue weighted by atomic mass is 32.1. The molecule has 1 aromatic heterocycles. The molecule has 1 atom stereocenters. The Morgan fingerprint density at radius 2 is 1.92 bits per heavy atom. The normalized spacial score (nSPS) is 11.7. The Kier molecular flexibility index (Phi) is 5.43. The minimum Gasteiger partial charge on any atom is -0.368 e. The Bertz CT molecular complexity index is 922. The van der Waals surface area contributed by atoms with Gasteiger partial charge in [-0.05, 0) is 18.6 Å². The molecule has 2 aromatic carbocycles. The van der Waals surface area contributed by atoms with E-state index in [4.69, 9.17) is 5.73 Å². The molecule has 1 heterocycles. The summed E-state index contributed by atoms with van der Waals surface area (Å²) in [6.45, 7) is 2.03. The van der Waals surface area contributed by atoms with Gasteiger partial charge in [-0.1, -0.05) is 54.1 Å². The number of rotatable bonds is 6. The number of primary amides is 1. The van der Waals surface area contributed by atoms with Crippen molar-refractivity contribution in [3.05, 3.63) is 76.8 Å². The number of nitrogens with one attached hydrogen (secondary N) is 1. The molecule has 0 fully saturated rings. The van der Waals surface area contributed by atoms with Gasteiger partial charge in [0, 0.05) is 10.9 Å². The second-order valence-electron chi connectivity index (χ2n) is 6.00. The van der Waals surface area contributed by atoms with E-state index in [0.29, 0.717) is 11.3 Å². The summed E-state index contributed by atoms with van der Waals surface area (Å²) in [5.41, 5.74) is 8.95. The second-order valence-corrected chi connectivity index (χ2v) is 6.86. The number of hydrogen-bond donors (Lipinski definition) is 2. The summed E-state index contributed by atoms with van der Waals surface area (Å²) in [5.74, 6) is -0.887. The van der Waals surface area contributed by atoms with Gasteiger partial charge < -0.3 is 11.1 Å². The Labute approximate surface area is 155 Å². The predicted molar refractivity (Wildman–Crippen MR) is 103 cm³/mol. The van der Waals surface area contributed by atoms with Crippen LogP contribution in [0.5, 0.6) is 0 Å². The Morgan fingerprint density at radius 3 is 2.62 bits per heavy atom. The van der Waals surface area contributed by atoms with E-state index in [-0.39, 0.29) is 12.3 Å². The summed E-state index contributed by atoms with van der Waals surface area (Å²) in [5, 5.41) is 5.42. The van der Waals surface area contributed by atoms with Crippen molar-refractivity contribution < 1.29 is 9.59 Å². The third-order valence-electron chi connectivity index (χ3n) is 3.88. The third-order valence-corrected chi connectivity index (χ3v) is 4.82. The molecule has 0 unspecified atom stereocenters. The fourth-order valence-corrected chi connectivity index (χ4v) is 3.46. The minimum absolute atomic E-state index is 0.0962. The third kappa shape index (κ3) is 4.34. The largest absolute Gasteiger partial charge is 0.368 e. The molecule has 0 saturated carbocycles. The first-order valence-electron chi connectivity index (χ1n) is 8.18. The molecule has 6 heteroatoms. The molecule has 26 heavy (non-hydrogen) atoms. The molecule has 132 valence electrons. The molecule has 0 aliphatic rings. The summed E-state index contributed by atoms with van der Waals surface area (Å²) in [7, 11) is 0. The zero-order valence-corrected chi connectivity index (χ0v) is 15.1. The minimum atomic E-state index is -0.849. The molecule has 0 spiro atoms. The monoisotopic (exact) mass is 365 g/mol. The van der Waals surface area contributed by atoms with Crippen molar-refractivity contribution in [3.63, 3.8) is 0 Å². The standard InChI is InChI=1S/C20H19N3O2S/c1-13-6-5-9-15(10-13)20-22-16(12-26-20)11-17(24)23-18(19(21)25)14-7-3-2-4-8-14/h2-10,12,18H,11H2,1H3,(H2,21,25)(H,23,24)/t18-/m1/s1. The Morgan fingerprint density at radius 1 is 1.15 bits per heavy atom. The van der Waals surface area contributed by atoms with Crippen LogP contribution >= 0.6 is 11.3 Å². The van der Waals surface area contributed by atoms with Gasteiger partial charge in [-0.2, -0.15) is 0 Å². The van der Waals surface area contributed by atoms with E-state index in [2.05, 4.69) is 16.4 Å². The molecule has 0 saturated heterocycles. The van der Waals surface area contributed by atoms with Gasteiger partial charge in [-0.3, -0.25) is 9.59 Å². The van der Waals surface area contributed by atoms with E-state index in [0.717, 1.165) is 16.1 Å². The maximum atomic E-state index is 12.3. The van der Waals surface area contributed by atoms with Crippen LogP contribution in [-0.4, -0.2) is 16.8 Å². The maximum absolute atomic E-state index is 12.3. The number of benzene rings is 2. The van der Waals surface area contributed by atoms with Crippen LogP contribution in [0.2, 0.25) is 0 Å². The van der Waals surface area contributed by atoms with Crippen LogP contribution < -0.4 is 11.1 Å². The number of carbonyl (C=O) groups excluding carboxylic acids is 2. The first-order chi connectivity index (χ1) is 12.5. The number of amides is 2. The number of carbonyl (C=O) groups is 2. The number of aromatic nitrogens is 1. The van der Waals surface area contributed by atoms with E-state index in [9.17, 15) is 9.59 Å². The second kappa shape index (κ2) is 7.93. The van der Waals surface area contributed by atoms with Gasteiger partial charge in [0.2, 0.25) is 11.8 Å². The van der Waals surface area contributed by atoms with Crippen LogP contribution in [0.1, 0.15) is 22.9 Å². The van der Waals surface area contributed by atoms with E-state index in [1.54, 1.807) is 24.3 Å². The molecule has 3 N–H and O–H groups in total. The SMILES string of the molecule is Cc1cccc(-c2nc(CC(=O)N[C@@H](C(N)=O)c3ccccc3)cs2)c1. The summed E-state index contributed by atoms with van der Waals surface area (Å²) >= 11 is 1.49. The van der Waals surface area contributed by atoms with Crippen LogP contribution in [0, 0.1) is 6.92 Å². The molecule has 5 nitrogen and oxygen atoms in total. The van der Waals surface area contributed by atoms with E-state index in [1.807, 2.05) is 36.6 Å². The van der Waals surface area contributed by atoms with Crippen molar-refractivity contribution >= 4 is 23.2 Å². The van der Waals surface area contributed by atoms with Gasteiger partial charge >= 0.3 is 0 Å². The van der Waals surface area contributed by atoms with Crippen LogP contribution in [-0.2, 0) is 16.0 Å². The van der Waals surface area contributed by atoms with E-state index < -0.39 is 11.9 Å². The smallest absolute Gasteiger partial charge is 0.244 e. The number of hydrogen-bond acceptors (Lipinski definition) is 4. The van der Waals surface area contributed by atoms with Crippen LogP contribution in [0.15, 0.2) is 60.0 Å². The van der Waals surface area contributed by atoms with Gasteiger partial charge in [-0.25, -0.2) is 4.98 Å². The zero-order chi connectivity index (χ0) is 18.5. The molecule has 2 amide bonds. The molecule has 0 bridgehead atoms. The fourth-order valence-electron chi connectivity index (χ4n) is 2.64. The Hall–Kier alpha value is -2.99. The lowest BCUT2D eigenvalue weighted by molar-refractivity contribution is -0.127. The highest BCUT2D eigenvalue weighted by molar-refractivity contribution is 7.13. The van der Waals surface area contributed by atoms with Gasteiger partial charge in [0.1, 0.15) is 11.0 Å². The molecule has 0 radical (unpaired) electrons. The van der Waals surface area contributed by atoms with Crippen molar-refractivity contribution in [3.8, 4) is 10.6 Å². The summed E-state index contributed by atoms with van der Waals surface area (Å²) in [6.07, 6.45) is 0.0962. The molecular weight excluding hydrogens is 346 g/mol. The molecule has 3 rings (SSSR count). The molecule has 3 aromatic rings. The Balaban J connectivity index is 1.69. The number of nitrogens with zero attached hydrogens (tertiary/aromatic N) is 1. The molecule has 0 aliphatic heterocycles. The summed E-state index contributed by atoms with van der Waals surface area (Å²) in [6, 6.07) is 16.2. The van der Waals surface area contributed by atoms with Crippen LogP contribution in [0.3, 0.4) is 0 Å². The summed E-state index contributed by atoms with van der Waals surface area (Å²) < 4.78 is 0. The fraction of sp³-hybridized carbons (Fsp3) is 0.150. The van der Waals surface area contributed by atoms with Gasteiger partial charge in [-0.15, -0.1) is 11.3 Å². The quantitative estimate of drug-likeness (QED) is 0.704. The van der Waals surface area contributed by atoms with E-state index in [1.165, 1.54) is 11.3 Å². The molecule has 0 aliphatic carbocycles. The first-order valence-corrected chi connectivity index (χ1v) is 9.06.